The van der Waals surface area contributed by atoms with Crippen LogP contribution in [0.25, 0.3) is 0 Å². The second kappa shape index (κ2) is 17.8. The molecule has 7 heteroatoms. The maximum atomic E-state index is 12.3. The van der Waals surface area contributed by atoms with Crippen molar-refractivity contribution < 1.29 is 34.8 Å². The number of hydrogen-bond donors (Lipinski definition) is 4. The van der Waals surface area contributed by atoms with Gasteiger partial charge in [0.1, 0.15) is 28.4 Å². The Hall–Kier alpha value is -4.00. The summed E-state index contributed by atoms with van der Waals surface area (Å²) in [5.41, 5.74) is 4.55. The van der Waals surface area contributed by atoms with Crippen LogP contribution >= 0.6 is 0 Å². The number of aryl methyl sites for hydroxylation is 1. The highest BCUT2D eigenvalue weighted by molar-refractivity contribution is 5.92. The first-order valence-electron chi connectivity index (χ1n) is 18.5. The Balaban J connectivity index is 2.21. The number of ether oxygens (including phenoxy) is 1. The summed E-state index contributed by atoms with van der Waals surface area (Å²) in [4.78, 5) is 24.7. The van der Waals surface area contributed by atoms with Crippen molar-refractivity contribution in [1.29, 1.82) is 0 Å². The van der Waals surface area contributed by atoms with Gasteiger partial charge < -0.3 is 25.2 Å². The zero-order chi connectivity index (χ0) is 37.2. The van der Waals surface area contributed by atoms with Crippen LogP contribution in [0.4, 0.5) is 0 Å². The number of benzene rings is 3. The van der Waals surface area contributed by atoms with Crippen molar-refractivity contribution in [3.63, 3.8) is 0 Å². The molecular weight excluding hydrogens is 628 g/mol. The summed E-state index contributed by atoms with van der Waals surface area (Å²) in [5.74, 6) is -2.30. The zero-order valence-electron chi connectivity index (χ0n) is 31.7. The smallest absolute Gasteiger partial charge is 0.339 e. The maximum Gasteiger partial charge on any atom is 0.339 e. The molecule has 0 bridgehead atoms. The maximum absolute atomic E-state index is 12.3. The first kappa shape index (κ1) is 40.4. The zero-order valence-corrected chi connectivity index (χ0v) is 31.7. The van der Waals surface area contributed by atoms with Gasteiger partial charge in [0, 0.05) is 12.8 Å². The molecule has 0 radical (unpaired) electrons. The molecule has 0 aliphatic carbocycles. The molecule has 3 rings (SSSR count). The predicted molar refractivity (Wildman–Crippen MR) is 202 cm³/mol. The quantitative estimate of drug-likeness (QED) is 0.0871. The van der Waals surface area contributed by atoms with Gasteiger partial charge in [0.25, 0.3) is 0 Å². The Morgan fingerprint density at radius 1 is 0.600 bits per heavy atom. The van der Waals surface area contributed by atoms with Gasteiger partial charge >= 0.3 is 11.9 Å². The lowest BCUT2D eigenvalue weighted by molar-refractivity contribution is 0.0682. The average molecular weight is 689 g/mol. The topological polar surface area (TPSA) is 124 Å². The van der Waals surface area contributed by atoms with E-state index in [-0.39, 0.29) is 46.3 Å². The van der Waals surface area contributed by atoms with Gasteiger partial charge in [-0.05, 0) is 87.6 Å². The van der Waals surface area contributed by atoms with E-state index in [0.29, 0.717) is 16.9 Å². The highest BCUT2D eigenvalue weighted by Crippen LogP contribution is 2.40. The van der Waals surface area contributed by atoms with Crippen LogP contribution in [0.5, 0.6) is 17.2 Å². The average Bonchev–Trinajstić information content (AvgIpc) is 3.05. The molecule has 0 amide bonds. The van der Waals surface area contributed by atoms with Gasteiger partial charge in [0.15, 0.2) is 0 Å². The predicted octanol–water partition coefficient (Wildman–Crippen LogP) is 10.7. The molecule has 0 aliphatic heterocycles. The molecule has 274 valence electrons. The van der Waals surface area contributed by atoms with Crippen LogP contribution in [0.1, 0.15) is 172 Å². The van der Waals surface area contributed by atoms with E-state index in [0.717, 1.165) is 98.4 Å². The molecule has 0 atom stereocenters. The Morgan fingerprint density at radius 2 is 1.00 bits per heavy atom. The van der Waals surface area contributed by atoms with Crippen molar-refractivity contribution in [3.8, 4) is 17.2 Å². The number of aromatic carboxylic acids is 2. The highest BCUT2D eigenvalue weighted by atomic mass is 16.5. The molecule has 0 fully saturated rings. The normalized spacial score (nSPS) is 11.9. The minimum absolute atomic E-state index is 0.119. The van der Waals surface area contributed by atoms with Gasteiger partial charge in [0.05, 0.1) is 7.11 Å². The first-order chi connectivity index (χ1) is 23.6. The van der Waals surface area contributed by atoms with Crippen LogP contribution in [0, 0.1) is 0 Å². The molecule has 50 heavy (non-hydrogen) atoms. The van der Waals surface area contributed by atoms with Crippen molar-refractivity contribution in [2.24, 2.45) is 0 Å². The molecule has 0 saturated heterocycles. The summed E-state index contributed by atoms with van der Waals surface area (Å²) < 4.78 is 6.05. The van der Waals surface area contributed by atoms with Gasteiger partial charge in [-0.2, -0.15) is 0 Å². The number of carboxylic acids is 2. The lowest BCUT2D eigenvalue weighted by atomic mass is 9.78. The lowest BCUT2D eigenvalue weighted by Gasteiger charge is -2.27. The van der Waals surface area contributed by atoms with Crippen molar-refractivity contribution in [2.75, 3.05) is 7.11 Å². The van der Waals surface area contributed by atoms with Crippen LogP contribution in [0.2, 0.25) is 0 Å². The minimum atomic E-state index is -1.18. The van der Waals surface area contributed by atoms with Crippen LogP contribution in [0.3, 0.4) is 0 Å². The fourth-order valence-corrected chi connectivity index (χ4v) is 6.98. The third-order valence-corrected chi connectivity index (χ3v) is 10.3. The third kappa shape index (κ3) is 10.0. The Kier molecular flexibility index (Phi) is 14.4. The number of aromatic hydroxyl groups is 2. The molecule has 0 aliphatic rings. The number of methoxy groups -OCH3 is 1. The molecule has 0 aromatic heterocycles. The summed E-state index contributed by atoms with van der Waals surface area (Å²) in [6.07, 6.45) is 11.4. The van der Waals surface area contributed by atoms with E-state index in [4.69, 9.17) is 4.74 Å². The standard InChI is InChI=1S/C43H60O7/c1-9-12-15-18-42(4,5)33-24-29(37(44)35(26-33)40(46)47)22-31-20-28(17-14-11-3)21-32(39(31)50-8)23-30-25-34(27-36(38(30)45)41(48)49)43(6,7)19-16-13-10-2/h20-21,24-27,44-45H,9-19,22-23H2,1-8H3,(H,46,47)(H,48,49). The highest BCUT2D eigenvalue weighted by Gasteiger charge is 2.28. The summed E-state index contributed by atoms with van der Waals surface area (Å²) in [7, 11) is 1.58. The second-order valence-electron chi connectivity index (χ2n) is 15.3. The van der Waals surface area contributed by atoms with Gasteiger partial charge in [0.2, 0.25) is 0 Å². The fraction of sp³-hybridized carbons (Fsp3) is 0.535. The van der Waals surface area contributed by atoms with E-state index in [1.54, 1.807) is 19.2 Å². The van der Waals surface area contributed by atoms with Gasteiger partial charge in [-0.1, -0.05) is 118 Å². The molecule has 0 unspecified atom stereocenters. The van der Waals surface area contributed by atoms with E-state index in [9.17, 15) is 30.0 Å². The molecule has 3 aromatic rings. The van der Waals surface area contributed by atoms with Crippen LogP contribution in [-0.2, 0) is 30.1 Å². The third-order valence-electron chi connectivity index (χ3n) is 10.3. The van der Waals surface area contributed by atoms with Gasteiger partial charge in [-0.15, -0.1) is 0 Å². The fourth-order valence-electron chi connectivity index (χ4n) is 6.98. The van der Waals surface area contributed by atoms with Crippen LogP contribution < -0.4 is 4.74 Å². The molecule has 0 heterocycles. The molecule has 3 aromatic carbocycles. The number of rotatable bonds is 20. The van der Waals surface area contributed by atoms with E-state index >= 15 is 0 Å². The summed E-state index contributed by atoms with van der Waals surface area (Å²) in [6.45, 7) is 14.9. The first-order valence-corrected chi connectivity index (χ1v) is 18.5. The summed E-state index contributed by atoms with van der Waals surface area (Å²) in [5, 5.41) is 42.8. The Bertz CT molecular complexity index is 1520. The SMILES string of the molecule is CCCCCC(C)(C)c1cc(Cc2cc(CCCC)cc(Cc3cc(C(C)(C)CCCCC)cc(C(=O)O)c3O)c2OC)c(O)c(C(=O)O)c1. The number of phenols is 2. The molecule has 0 saturated carbocycles. The minimum Gasteiger partial charge on any atom is -0.507 e. The van der Waals surface area contributed by atoms with Gasteiger partial charge in [-0.25, -0.2) is 9.59 Å². The van der Waals surface area contributed by atoms with Crippen LogP contribution in [-0.4, -0.2) is 39.5 Å². The monoisotopic (exact) mass is 688 g/mol. The van der Waals surface area contributed by atoms with E-state index in [1.807, 2.05) is 12.1 Å². The number of unbranched alkanes of at least 4 members (excludes halogenated alkanes) is 5. The molecule has 4 N–H and O–H groups in total. The Labute approximate surface area is 299 Å². The van der Waals surface area contributed by atoms with E-state index in [1.165, 1.54) is 0 Å². The van der Waals surface area contributed by atoms with E-state index < -0.39 is 11.9 Å². The Morgan fingerprint density at radius 3 is 1.34 bits per heavy atom. The molecule has 0 spiro atoms. The lowest BCUT2D eigenvalue weighted by Crippen LogP contribution is -2.19. The number of hydrogen-bond acceptors (Lipinski definition) is 5. The van der Waals surface area contributed by atoms with Gasteiger partial charge in [-0.3, -0.25) is 0 Å². The van der Waals surface area contributed by atoms with Crippen molar-refractivity contribution in [3.05, 3.63) is 86.5 Å². The second-order valence-corrected chi connectivity index (χ2v) is 15.3. The molecular formula is C43H60O7. The van der Waals surface area contributed by atoms with E-state index in [2.05, 4.69) is 60.6 Å². The van der Waals surface area contributed by atoms with Crippen molar-refractivity contribution >= 4 is 11.9 Å². The largest absolute Gasteiger partial charge is 0.507 e. The van der Waals surface area contributed by atoms with Crippen LogP contribution in [0.15, 0.2) is 36.4 Å². The van der Waals surface area contributed by atoms with Crippen molar-refractivity contribution in [1.82, 2.24) is 0 Å². The molecule has 7 nitrogen and oxygen atoms in total. The van der Waals surface area contributed by atoms with Crippen molar-refractivity contribution in [2.45, 2.75) is 143 Å². The number of carboxylic acid groups (broad SMARTS) is 2. The number of carbonyl (C=O) groups is 2. The summed E-state index contributed by atoms with van der Waals surface area (Å²) >= 11 is 0. The summed E-state index contributed by atoms with van der Waals surface area (Å²) in [6, 6.07) is 11.2.